The molecule has 1 aliphatic rings. The van der Waals surface area contributed by atoms with E-state index in [1.54, 1.807) is 17.5 Å². The first-order valence-corrected chi connectivity index (χ1v) is 6.98. The Bertz CT molecular complexity index is 371. The van der Waals surface area contributed by atoms with Crippen molar-refractivity contribution in [1.82, 2.24) is 10.3 Å². The monoisotopic (exact) mass is 253 g/mol. The van der Waals surface area contributed by atoms with Crippen LogP contribution in [0.25, 0.3) is 0 Å². The van der Waals surface area contributed by atoms with E-state index in [9.17, 15) is 4.79 Å². The topological polar surface area (TPSA) is 68.0 Å². The zero-order valence-electron chi connectivity index (χ0n) is 10.1. The number of rotatable bonds is 4. The van der Waals surface area contributed by atoms with E-state index in [2.05, 4.69) is 10.3 Å². The summed E-state index contributed by atoms with van der Waals surface area (Å²) in [5.41, 5.74) is 5.31. The molecule has 5 heteroatoms. The summed E-state index contributed by atoms with van der Waals surface area (Å²) in [6, 6.07) is 0. The highest BCUT2D eigenvalue weighted by Gasteiger charge is 2.39. The fourth-order valence-corrected chi connectivity index (χ4v) is 3.15. The molecule has 2 rings (SSSR count). The fraction of sp³-hybridized carbons (Fsp3) is 0.667. The number of thiazole rings is 1. The van der Waals surface area contributed by atoms with Gasteiger partial charge in [0.05, 0.1) is 5.54 Å². The van der Waals surface area contributed by atoms with Crippen molar-refractivity contribution >= 4 is 17.2 Å². The Morgan fingerprint density at radius 1 is 1.65 bits per heavy atom. The van der Waals surface area contributed by atoms with Crippen LogP contribution in [0.15, 0.2) is 11.6 Å². The summed E-state index contributed by atoms with van der Waals surface area (Å²) >= 11 is 1.62. The number of nitrogens with zero attached hydrogens (tertiary/aromatic N) is 1. The molecule has 1 heterocycles. The van der Waals surface area contributed by atoms with Gasteiger partial charge in [-0.05, 0) is 12.8 Å². The molecule has 1 fully saturated rings. The van der Waals surface area contributed by atoms with Gasteiger partial charge in [-0.2, -0.15) is 0 Å². The lowest BCUT2D eigenvalue weighted by Gasteiger charge is -2.29. The van der Waals surface area contributed by atoms with Crippen LogP contribution in [0.1, 0.15) is 37.6 Å². The molecule has 0 aliphatic heterocycles. The van der Waals surface area contributed by atoms with Crippen molar-refractivity contribution in [3.8, 4) is 0 Å². The summed E-state index contributed by atoms with van der Waals surface area (Å²) in [6.45, 7) is 2.25. The lowest BCUT2D eigenvalue weighted by atomic mass is 9.97. The van der Waals surface area contributed by atoms with Crippen LogP contribution < -0.4 is 11.1 Å². The maximum atomic E-state index is 12.0. The van der Waals surface area contributed by atoms with Crippen LogP contribution in [0.2, 0.25) is 0 Å². The predicted octanol–water partition coefficient (Wildman–Crippen LogP) is 1.62. The Morgan fingerprint density at radius 3 is 2.88 bits per heavy atom. The SMILES string of the molecule is CC(CN)C(=O)NC1(c2nccs2)CCCC1. The molecule has 94 valence electrons. The van der Waals surface area contributed by atoms with E-state index >= 15 is 0 Å². The fourth-order valence-electron chi connectivity index (χ4n) is 2.30. The summed E-state index contributed by atoms with van der Waals surface area (Å²) in [7, 11) is 0. The molecule has 0 spiro atoms. The minimum Gasteiger partial charge on any atom is -0.344 e. The van der Waals surface area contributed by atoms with Gasteiger partial charge in [0.15, 0.2) is 0 Å². The molecule has 1 aromatic heterocycles. The van der Waals surface area contributed by atoms with Crippen LogP contribution in [0.4, 0.5) is 0 Å². The molecule has 1 amide bonds. The summed E-state index contributed by atoms with van der Waals surface area (Å²) in [4.78, 5) is 16.4. The maximum absolute atomic E-state index is 12.0. The van der Waals surface area contributed by atoms with Crippen LogP contribution in [0.3, 0.4) is 0 Å². The third-order valence-corrected chi connectivity index (χ3v) is 4.44. The first kappa shape index (κ1) is 12.5. The molecule has 1 saturated carbocycles. The predicted molar refractivity (Wildman–Crippen MR) is 68.6 cm³/mol. The standard InChI is InChI=1S/C12H19N3OS/c1-9(8-13)10(16)15-12(4-2-3-5-12)11-14-6-7-17-11/h6-7,9H,2-5,8,13H2,1H3,(H,15,16). The highest BCUT2D eigenvalue weighted by molar-refractivity contribution is 7.09. The number of carbonyl (C=O) groups is 1. The Balaban J connectivity index is 2.16. The van der Waals surface area contributed by atoms with Crippen molar-refractivity contribution < 1.29 is 4.79 Å². The van der Waals surface area contributed by atoms with Crippen molar-refractivity contribution in [3.05, 3.63) is 16.6 Å². The zero-order valence-corrected chi connectivity index (χ0v) is 10.9. The second-order valence-corrected chi connectivity index (χ2v) is 5.65. The summed E-state index contributed by atoms with van der Waals surface area (Å²) in [6.07, 6.45) is 6.08. The number of aromatic nitrogens is 1. The zero-order chi connectivity index (χ0) is 12.3. The van der Waals surface area contributed by atoms with E-state index < -0.39 is 0 Å². The average Bonchev–Trinajstić information content (AvgIpc) is 2.98. The first-order chi connectivity index (χ1) is 8.18. The third-order valence-electron chi connectivity index (χ3n) is 3.46. The summed E-state index contributed by atoms with van der Waals surface area (Å²) < 4.78 is 0. The van der Waals surface area contributed by atoms with E-state index in [0.29, 0.717) is 6.54 Å². The van der Waals surface area contributed by atoms with Gasteiger partial charge in [0.1, 0.15) is 5.01 Å². The normalized spacial score (nSPS) is 20.1. The molecule has 0 radical (unpaired) electrons. The van der Waals surface area contributed by atoms with Crippen LogP contribution >= 0.6 is 11.3 Å². The molecule has 1 aromatic rings. The van der Waals surface area contributed by atoms with Crippen molar-refractivity contribution in [2.45, 2.75) is 38.1 Å². The number of amides is 1. The maximum Gasteiger partial charge on any atom is 0.224 e. The molecule has 0 aromatic carbocycles. The molecular formula is C12H19N3OS. The quantitative estimate of drug-likeness (QED) is 0.857. The number of hydrogen-bond acceptors (Lipinski definition) is 4. The van der Waals surface area contributed by atoms with E-state index in [0.717, 1.165) is 30.7 Å². The van der Waals surface area contributed by atoms with Gasteiger partial charge in [-0.25, -0.2) is 4.98 Å². The molecule has 17 heavy (non-hydrogen) atoms. The molecule has 3 N–H and O–H groups in total. The van der Waals surface area contributed by atoms with Gasteiger partial charge in [0, 0.05) is 24.0 Å². The Kier molecular flexibility index (Phi) is 3.79. The molecular weight excluding hydrogens is 234 g/mol. The summed E-state index contributed by atoms with van der Waals surface area (Å²) in [5, 5.41) is 6.18. The van der Waals surface area contributed by atoms with E-state index in [1.807, 2.05) is 12.3 Å². The second-order valence-electron chi connectivity index (χ2n) is 4.75. The van der Waals surface area contributed by atoms with Gasteiger partial charge in [-0.3, -0.25) is 4.79 Å². The lowest BCUT2D eigenvalue weighted by molar-refractivity contribution is -0.126. The molecule has 4 nitrogen and oxygen atoms in total. The summed E-state index contributed by atoms with van der Waals surface area (Å²) in [5.74, 6) is -0.0861. The molecule has 1 aliphatic carbocycles. The smallest absolute Gasteiger partial charge is 0.224 e. The van der Waals surface area contributed by atoms with E-state index in [4.69, 9.17) is 5.73 Å². The number of hydrogen-bond donors (Lipinski definition) is 2. The molecule has 1 unspecified atom stereocenters. The van der Waals surface area contributed by atoms with Gasteiger partial charge < -0.3 is 11.1 Å². The van der Waals surface area contributed by atoms with Crippen molar-refractivity contribution in [1.29, 1.82) is 0 Å². The van der Waals surface area contributed by atoms with Gasteiger partial charge in [0.2, 0.25) is 5.91 Å². The minimum absolute atomic E-state index is 0.0459. The average molecular weight is 253 g/mol. The number of nitrogens with one attached hydrogen (secondary N) is 1. The van der Waals surface area contributed by atoms with Gasteiger partial charge in [-0.1, -0.05) is 19.8 Å². The highest BCUT2D eigenvalue weighted by atomic mass is 32.1. The van der Waals surface area contributed by atoms with Crippen molar-refractivity contribution in [2.75, 3.05) is 6.54 Å². The van der Waals surface area contributed by atoms with Crippen LogP contribution in [-0.2, 0) is 10.3 Å². The van der Waals surface area contributed by atoms with Crippen molar-refractivity contribution in [2.24, 2.45) is 11.7 Å². The lowest BCUT2D eigenvalue weighted by Crippen LogP contribution is -2.47. The Morgan fingerprint density at radius 2 is 2.35 bits per heavy atom. The molecule has 0 bridgehead atoms. The largest absolute Gasteiger partial charge is 0.344 e. The van der Waals surface area contributed by atoms with Gasteiger partial charge >= 0.3 is 0 Å². The van der Waals surface area contributed by atoms with Gasteiger partial charge in [0.25, 0.3) is 0 Å². The molecule has 1 atom stereocenters. The number of nitrogens with two attached hydrogens (primary N) is 1. The minimum atomic E-state index is -0.227. The van der Waals surface area contributed by atoms with E-state index in [1.165, 1.54) is 0 Å². The molecule has 0 saturated heterocycles. The first-order valence-electron chi connectivity index (χ1n) is 6.10. The second kappa shape index (κ2) is 5.14. The van der Waals surface area contributed by atoms with Crippen molar-refractivity contribution in [3.63, 3.8) is 0 Å². The van der Waals surface area contributed by atoms with E-state index in [-0.39, 0.29) is 17.4 Å². The Hall–Kier alpha value is -0.940. The number of carbonyl (C=O) groups excluding carboxylic acids is 1. The van der Waals surface area contributed by atoms with Crippen LogP contribution in [0.5, 0.6) is 0 Å². The van der Waals surface area contributed by atoms with Crippen LogP contribution in [-0.4, -0.2) is 17.4 Å². The van der Waals surface area contributed by atoms with Crippen LogP contribution in [0, 0.1) is 5.92 Å². The Labute approximate surface area is 106 Å². The highest BCUT2D eigenvalue weighted by Crippen LogP contribution is 2.39. The third kappa shape index (κ3) is 2.50. The van der Waals surface area contributed by atoms with Gasteiger partial charge in [-0.15, -0.1) is 11.3 Å².